The van der Waals surface area contributed by atoms with Crippen LogP contribution in [0.4, 0.5) is 4.79 Å². The number of hydrogen-bond acceptors (Lipinski definition) is 4. The Kier molecular flexibility index (Phi) is 5.48. The summed E-state index contributed by atoms with van der Waals surface area (Å²) in [5.74, 6) is -0.593. The lowest BCUT2D eigenvalue weighted by atomic mass is 10.5. The molecular weight excluding hydrogens is 180 g/mol. The molecule has 70 valence electrons. The van der Waals surface area contributed by atoms with Crippen LogP contribution in [0.3, 0.4) is 0 Å². The Morgan fingerprint density at radius 3 is 2.50 bits per heavy atom. The molecule has 0 radical (unpaired) electrons. The molecule has 0 aliphatic carbocycles. The van der Waals surface area contributed by atoms with E-state index in [2.05, 4.69) is 4.72 Å². The van der Waals surface area contributed by atoms with Crippen molar-refractivity contribution >= 4 is 23.9 Å². The topological polar surface area (TPSA) is 69.6 Å². The van der Waals surface area contributed by atoms with Crippen LogP contribution < -0.4 is 4.72 Å². The second-order valence-corrected chi connectivity index (χ2v) is 2.52. The number of amides is 3. The average Bonchev–Trinajstić information content (AvgIpc) is 2.06. The third kappa shape index (κ3) is 3.10. The van der Waals surface area contributed by atoms with E-state index in [9.17, 15) is 9.59 Å². The summed E-state index contributed by atoms with van der Waals surface area (Å²) in [4.78, 5) is 22.8. The minimum Gasteiger partial charge on any atom is -0.387 e. The minimum atomic E-state index is -0.643. The van der Waals surface area contributed by atoms with Crippen LogP contribution in [0.1, 0.15) is 6.92 Å². The van der Waals surface area contributed by atoms with Gasteiger partial charge in [0.2, 0.25) is 0 Å². The molecule has 0 aliphatic heterocycles. The molecule has 0 saturated carbocycles. The molecule has 0 rings (SSSR count). The molecule has 0 heterocycles. The summed E-state index contributed by atoms with van der Waals surface area (Å²) < 4.78 is 2.38. The molecule has 0 bridgehead atoms. The van der Waals surface area contributed by atoms with Gasteiger partial charge in [0.1, 0.15) is 6.61 Å². The molecule has 2 N–H and O–H groups in total. The van der Waals surface area contributed by atoms with Gasteiger partial charge in [-0.15, -0.1) is 0 Å². The van der Waals surface area contributed by atoms with Gasteiger partial charge in [0.05, 0.1) is 0 Å². The molecular formula is C6H12N2O3S. The predicted octanol–water partition coefficient (Wildman–Crippen LogP) is -0.185. The Morgan fingerprint density at radius 2 is 2.17 bits per heavy atom. The van der Waals surface area contributed by atoms with E-state index in [4.69, 9.17) is 5.11 Å². The van der Waals surface area contributed by atoms with Gasteiger partial charge in [0.15, 0.2) is 0 Å². The van der Waals surface area contributed by atoms with Crippen molar-refractivity contribution in [3.8, 4) is 0 Å². The van der Waals surface area contributed by atoms with Crippen molar-refractivity contribution in [3.05, 3.63) is 0 Å². The average molecular weight is 192 g/mol. The highest BCUT2D eigenvalue weighted by molar-refractivity contribution is 7.97. The number of rotatable bonds is 3. The maximum Gasteiger partial charge on any atom is 0.334 e. The summed E-state index contributed by atoms with van der Waals surface area (Å²) in [7, 11) is 0. The first-order valence-electron chi connectivity index (χ1n) is 3.41. The van der Waals surface area contributed by atoms with E-state index in [1.165, 1.54) is 0 Å². The molecule has 0 aromatic heterocycles. The Labute approximate surface area is 75.2 Å². The van der Waals surface area contributed by atoms with Crippen LogP contribution in [0.15, 0.2) is 0 Å². The van der Waals surface area contributed by atoms with Crippen LogP contribution in [0.2, 0.25) is 0 Å². The van der Waals surface area contributed by atoms with Crippen LogP contribution >= 0.6 is 11.9 Å². The fourth-order valence-corrected chi connectivity index (χ4v) is 0.946. The number of urea groups is 1. The van der Waals surface area contributed by atoms with Crippen molar-refractivity contribution in [2.24, 2.45) is 0 Å². The molecule has 12 heavy (non-hydrogen) atoms. The molecule has 0 unspecified atom stereocenters. The highest BCUT2D eigenvalue weighted by Crippen LogP contribution is 1.93. The van der Waals surface area contributed by atoms with Crippen molar-refractivity contribution in [3.63, 3.8) is 0 Å². The number of carbonyl (C=O) groups excluding carboxylic acids is 2. The maximum atomic E-state index is 11.0. The van der Waals surface area contributed by atoms with Crippen molar-refractivity contribution in [1.29, 1.82) is 0 Å². The van der Waals surface area contributed by atoms with Crippen molar-refractivity contribution < 1.29 is 14.7 Å². The van der Waals surface area contributed by atoms with Gasteiger partial charge in [-0.1, -0.05) is 11.9 Å². The van der Waals surface area contributed by atoms with Crippen LogP contribution in [0.5, 0.6) is 0 Å². The normalized spacial score (nSPS) is 9.25. The summed E-state index contributed by atoms with van der Waals surface area (Å²) in [5, 5.41) is 8.48. The molecule has 0 saturated heterocycles. The lowest BCUT2D eigenvalue weighted by molar-refractivity contribution is -0.130. The number of likely N-dealkylation sites (N-methyl/N-ethyl adjacent to an activating group) is 1. The third-order valence-electron chi connectivity index (χ3n) is 1.19. The zero-order chi connectivity index (χ0) is 9.56. The lowest BCUT2D eigenvalue weighted by Gasteiger charge is -2.16. The molecule has 0 fully saturated rings. The highest BCUT2D eigenvalue weighted by atomic mass is 32.2. The van der Waals surface area contributed by atoms with Crippen LogP contribution in [0.25, 0.3) is 0 Å². The van der Waals surface area contributed by atoms with Gasteiger partial charge >= 0.3 is 6.03 Å². The minimum absolute atomic E-state index is 0.256. The van der Waals surface area contributed by atoms with Gasteiger partial charge in [-0.2, -0.15) is 0 Å². The molecule has 5 nitrogen and oxygen atoms in total. The second kappa shape index (κ2) is 5.84. The first-order valence-corrected chi connectivity index (χ1v) is 4.64. The van der Waals surface area contributed by atoms with Crippen LogP contribution in [0, 0.1) is 0 Å². The number of nitrogens with one attached hydrogen (secondary N) is 1. The van der Waals surface area contributed by atoms with E-state index in [1.54, 1.807) is 13.2 Å². The molecule has 0 aromatic rings. The van der Waals surface area contributed by atoms with Gasteiger partial charge in [-0.05, 0) is 6.92 Å². The lowest BCUT2D eigenvalue weighted by Crippen LogP contribution is -2.42. The van der Waals surface area contributed by atoms with E-state index >= 15 is 0 Å². The highest BCUT2D eigenvalue weighted by Gasteiger charge is 2.17. The summed E-state index contributed by atoms with van der Waals surface area (Å²) in [6.07, 6.45) is 1.68. The van der Waals surface area contributed by atoms with Crippen molar-refractivity contribution in [2.45, 2.75) is 6.92 Å². The maximum absolute atomic E-state index is 11.0. The summed E-state index contributed by atoms with van der Waals surface area (Å²) in [6.45, 7) is 1.27. The Balaban J connectivity index is 4.14. The molecule has 0 spiro atoms. The van der Waals surface area contributed by atoms with Crippen LogP contribution in [-0.4, -0.2) is 41.4 Å². The smallest absolute Gasteiger partial charge is 0.334 e. The van der Waals surface area contributed by atoms with Crippen molar-refractivity contribution in [1.82, 2.24) is 9.62 Å². The Hall–Kier alpha value is -0.750. The van der Waals surface area contributed by atoms with E-state index in [0.717, 1.165) is 16.8 Å². The van der Waals surface area contributed by atoms with Gasteiger partial charge in [0.25, 0.3) is 5.91 Å². The van der Waals surface area contributed by atoms with Gasteiger partial charge < -0.3 is 5.11 Å². The van der Waals surface area contributed by atoms with Crippen molar-refractivity contribution in [2.75, 3.05) is 19.4 Å². The molecule has 0 aromatic carbocycles. The van der Waals surface area contributed by atoms with E-state index in [0.29, 0.717) is 0 Å². The predicted molar refractivity (Wildman–Crippen MR) is 46.5 cm³/mol. The SMILES string of the molecule is CCN(C(=O)CO)C(=O)NSC. The first kappa shape index (κ1) is 11.2. The van der Waals surface area contributed by atoms with E-state index < -0.39 is 18.5 Å². The number of aliphatic hydroxyl groups is 1. The Morgan fingerprint density at radius 1 is 1.58 bits per heavy atom. The fraction of sp³-hybridized carbons (Fsp3) is 0.667. The molecule has 3 amide bonds. The Bertz CT molecular complexity index is 174. The standard InChI is InChI=1S/C6H12N2O3S/c1-3-8(5(10)4-9)6(11)7-12-2/h9H,3-4H2,1-2H3,(H,7,11). The second-order valence-electron chi connectivity index (χ2n) is 1.91. The number of nitrogens with zero attached hydrogens (tertiary/aromatic N) is 1. The fourth-order valence-electron chi connectivity index (χ4n) is 0.661. The van der Waals surface area contributed by atoms with E-state index in [1.807, 2.05) is 0 Å². The monoisotopic (exact) mass is 192 g/mol. The largest absolute Gasteiger partial charge is 0.387 e. The zero-order valence-corrected chi connectivity index (χ0v) is 7.85. The number of hydrogen-bond donors (Lipinski definition) is 2. The quantitative estimate of drug-likeness (QED) is 0.608. The summed E-state index contributed by atoms with van der Waals surface area (Å²) in [6, 6.07) is -0.496. The summed E-state index contributed by atoms with van der Waals surface area (Å²) >= 11 is 1.11. The molecule has 0 aliphatic rings. The molecule has 6 heteroatoms. The van der Waals surface area contributed by atoms with Gasteiger partial charge in [-0.3, -0.25) is 14.4 Å². The zero-order valence-electron chi connectivity index (χ0n) is 7.03. The van der Waals surface area contributed by atoms with E-state index in [-0.39, 0.29) is 6.54 Å². The van der Waals surface area contributed by atoms with Crippen LogP contribution in [-0.2, 0) is 4.79 Å². The molecule has 0 atom stereocenters. The number of imide groups is 1. The third-order valence-corrected chi connectivity index (χ3v) is 1.57. The van der Waals surface area contributed by atoms with Gasteiger partial charge in [-0.25, -0.2) is 4.79 Å². The number of carbonyl (C=O) groups is 2. The number of aliphatic hydroxyl groups excluding tert-OH is 1. The first-order chi connectivity index (χ1) is 5.67. The van der Waals surface area contributed by atoms with Gasteiger partial charge in [0, 0.05) is 12.8 Å². The summed E-state index contributed by atoms with van der Waals surface area (Å²) in [5.41, 5.74) is 0.